The number of carbonyl (C=O) groups excluding carboxylic acids is 2. The van der Waals surface area contributed by atoms with Crippen molar-refractivity contribution in [1.29, 1.82) is 0 Å². The van der Waals surface area contributed by atoms with E-state index in [-0.39, 0.29) is 17.4 Å². The highest BCUT2D eigenvalue weighted by Gasteiger charge is 2.44. The molecule has 0 spiro atoms. The SMILES string of the molecule is CN1C[C@H](c2ccc(C(F)(F)F)cc2)[C@@H](C(=O)Nc2cncnc2Cl)C1=O. The molecule has 1 aliphatic heterocycles. The molecule has 142 valence electrons. The highest BCUT2D eigenvalue weighted by molar-refractivity contribution is 6.32. The molecule has 1 aliphatic rings. The molecule has 2 amide bonds. The first-order valence-corrected chi connectivity index (χ1v) is 8.25. The van der Waals surface area contributed by atoms with E-state index in [1.165, 1.54) is 36.6 Å². The van der Waals surface area contributed by atoms with Crippen LogP contribution in [0.25, 0.3) is 0 Å². The van der Waals surface area contributed by atoms with Crippen molar-refractivity contribution in [2.24, 2.45) is 5.92 Å². The van der Waals surface area contributed by atoms with Gasteiger partial charge < -0.3 is 10.2 Å². The number of alkyl halides is 3. The molecule has 0 aliphatic carbocycles. The van der Waals surface area contributed by atoms with Gasteiger partial charge in [-0.2, -0.15) is 13.2 Å². The van der Waals surface area contributed by atoms with E-state index in [2.05, 4.69) is 15.3 Å². The van der Waals surface area contributed by atoms with E-state index in [0.717, 1.165) is 12.1 Å². The van der Waals surface area contributed by atoms with Gasteiger partial charge in [0, 0.05) is 19.5 Å². The number of rotatable bonds is 3. The first-order chi connectivity index (χ1) is 12.7. The van der Waals surface area contributed by atoms with Crippen molar-refractivity contribution < 1.29 is 22.8 Å². The lowest BCUT2D eigenvalue weighted by Gasteiger charge is -2.17. The summed E-state index contributed by atoms with van der Waals surface area (Å²) in [6.07, 6.45) is -1.96. The van der Waals surface area contributed by atoms with Crippen LogP contribution >= 0.6 is 11.6 Å². The Morgan fingerprint density at radius 2 is 1.96 bits per heavy atom. The van der Waals surface area contributed by atoms with Crippen LogP contribution in [-0.2, 0) is 15.8 Å². The maximum absolute atomic E-state index is 12.8. The largest absolute Gasteiger partial charge is 0.416 e. The molecule has 6 nitrogen and oxygen atoms in total. The van der Waals surface area contributed by atoms with Crippen LogP contribution in [0.15, 0.2) is 36.8 Å². The van der Waals surface area contributed by atoms with Gasteiger partial charge in [-0.1, -0.05) is 23.7 Å². The Hall–Kier alpha value is -2.68. The molecule has 0 unspecified atom stereocenters. The number of likely N-dealkylation sites (N-methyl/N-ethyl adjacent to an activating group) is 1. The molecule has 0 saturated carbocycles. The third-order valence-electron chi connectivity index (χ3n) is 4.39. The van der Waals surface area contributed by atoms with Crippen molar-refractivity contribution in [3.8, 4) is 0 Å². The van der Waals surface area contributed by atoms with Gasteiger partial charge in [0.25, 0.3) is 0 Å². The van der Waals surface area contributed by atoms with Crippen LogP contribution in [0.3, 0.4) is 0 Å². The van der Waals surface area contributed by atoms with Crippen molar-refractivity contribution in [3.63, 3.8) is 0 Å². The number of benzene rings is 1. The Morgan fingerprint density at radius 1 is 1.30 bits per heavy atom. The summed E-state index contributed by atoms with van der Waals surface area (Å²) in [6.45, 7) is 0.210. The van der Waals surface area contributed by atoms with Crippen molar-refractivity contribution in [2.75, 3.05) is 18.9 Å². The van der Waals surface area contributed by atoms with E-state index in [9.17, 15) is 22.8 Å². The lowest BCUT2D eigenvalue weighted by Crippen LogP contribution is -2.32. The minimum Gasteiger partial charge on any atom is -0.344 e. The molecule has 10 heteroatoms. The molecule has 3 rings (SSSR count). The Labute approximate surface area is 157 Å². The normalized spacial score (nSPS) is 20.0. The second-order valence-corrected chi connectivity index (χ2v) is 6.50. The summed E-state index contributed by atoms with van der Waals surface area (Å²) in [6, 6.07) is 4.46. The first kappa shape index (κ1) is 19.1. The number of hydrogen-bond acceptors (Lipinski definition) is 4. The number of carbonyl (C=O) groups is 2. The summed E-state index contributed by atoms with van der Waals surface area (Å²) in [5, 5.41) is 2.53. The Morgan fingerprint density at radius 3 is 2.56 bits per heavy atom. The fourth-order valence-electron chi connectivity index (χ4n) is 3.02. The molecule has 2 atom stereocenters. The lowest BCUT2D eigenvalue weighted by atomic mass is 9.87. The second-order valence-electron chi connectivity index (χ2n) is 6.14. The summed E-state index contributed by atoms with van der Waals surface area (Å²) in [5.41, 5.74) is -0.174. The fourth-order valence-corrected chi connectivity index (χ4v) is 3.16. The molecule has 0 bridgehead atoms. The summed E-state index contributed by atoms with van der Waals surface area (Å²) < 4.78 is 38.3. The van der Waals surface area contributed by atoms with Crippen molar-refractivity contribution >= 4 is 29.1 Å². The molecular weight excluding hydrogens is 385 g/mol. The summed E-state index contributed by atoms with van der Waals surface area (Å²) in [4.78, 5) is 34.0. The lowest BCUT2D eigenvalue weighted by molar-refractivity contribution is -0.138. The average molecular weight is 399 g/mol. The van der Waals surface area contributed by atoms with Crippen molar-refractivity contribution in [3.05, 3.63) is 53.1 Å². The van der Waals surface area contributed by atoms with Gasteiger partial charge in [0.2, 0.25) is 11.8 Å². The molecule has 1 fully saturated rings. The van der Waals surface area contributed by atoms with Crippen LogP contribution in [0, 0.1) is 5.92 Å². The van der Waals surface area contributed by atoms with Crippen LogP contribution in [0.2, 0.25) is 5.15 Å². The van der Waals surface area contributed by atoms with E-state index in [0.29, 0.717) is 5.56 Å². The molecule has 1 saturated heterocycles. The minimum atomic E-state index is -4.46. The number of aromatic nitrogens is 2. The third kappa shape index (κ3) is 3.87. The number of anilines is 1. The maximum Gasteiger partial charge on any atom is 0.416 e. The van der Waals surface area contributed by atoms with E-state index < -0.39 is 35.4 Å². The van der Waals surface area contributed by atoms with Crippen LogP contribution < -0.4 is 5.32 Å². The van der Waals surface area contributed by atoms with Gasteiger partial charge in [-0.3, -0.25) is 9.59 Å². The zero-order valence-corrected chi connectivity index (χ0v) is 14.8. The van der Waals surface area contributed by atoms with Gasteiger partial charge in [0.1, 0.15) is 12.2 Å². The average Bonchev–Trinajstić information content (AvgIpc) is 2.91. The van der Waals surface area contributed by atoms with E-state index in [1.54, 1.807) is 0 Å². The minimum absolute atomic E-state index is 0.0169. The first-order valence-electron chi connectivity index (χ1n) is 7.87. The standard InChI is InChI=1S/C17H14ClF3N4O2/c1-25-7-11(9-2-4-10(5-3-9)17(19,20)21)13(16(25)27)15(26)24-12-6-22-8-23-14(12)18/h2-6,8,11,13H,7H2,1H3,(H,24,26)/t11-,13+/m1/s1. The summed E-state index contributed by atoms with van der Waals surface area (Å²) in [7, 11) is 1.53. The second kappa shape index (κ2) is 7.15. The number of nitrogens with zero attached hydrogens (tertiary/aromatic N) is 3. The van der Waals surface area contributed by atoms with Crippen molar-refractivity contribution in [2.45, 2.75) is 12.1 Å². The van der Waals surface area contributed by atoms with E-state index in [4.69, 9.17) is 11.6 Å². The Balaban J connectivity index is 1.87. The van der Waals surface area contributed by atoms with E-state index in [1.807, 2.05) is 0 Å². The predicted molar refractivity (Wildman–Crippen MR) is 91.0 cm³/mol. The van der Waals surface area contributed by atoms with Gasteiger partial charge in [0.15, 0.2) is 5.15 Å². The van der Waals surface area contributed by atoms with Gasteiger partial charge in [-0.05, 0) is 17.7 Å². The maximum atomic E-state index is 12.8. The zero-order valence-electron chi connectivity index (χ0n) is 14.0. The van der Waals surface area contributed by atoms with Gasteiger partial charge in [-0.25, -0.2) is 9.97 Å². The number of likely N-dealkylation sites (tertiary alicyclic amines) is 1. The predicted octanol–water partition coefficient (Wildman–Crippen LogP) is 2.96. The van der Waals surface area contributed by atoms with E-state index >= 15 is 0 Å². The number of hydrogen-bond donors (Lipinski definition) is 1. The van der Waals surface area contributed by atoms with Gasteiger partial charge in [0.05, 0.1) is 17.4 Å². The van der Waals surface area contributed by atoms with Gasteiger partial charge in [-0.15, -0.1) is 0 Å². The monoisotopic (exact) mass is 398 g/mol. The molecule has 27 heavy (non-hydrogen) atoms. The zero-order chi connectivity index (χ0) is 19.8. The molecular formula is C17H14ClF3N4O2. The quantitative estimate of drug-likeness (QED) is 0.637. The van der Waals surface area contributed by atoms with Gasteiger partial charge >= 0.3 is 6.18 Å². The molecule has 1 aromatic carbocycles. The van der Waals surface area contributed by atoms with Crippen LogP contribution in [-0.4, -0.2) is 40.3 Å². The van der Waals surface area contributed by atoms with Crippen LogP contribution in [0.1, 0.15) is 17.0 Å². The fraction of sp³-hybridized carbons (Fsp3) is 0.294. The topological polar surface area (TPSA) is 75.2 Å². The Kier molecular flexibility index (Phi) is 5.05. The number of nitrogens with one attached hydrogen (secondary N) is 1. The highest BCUT2D eigenvalue weighted by Crippen LogP contribution is 2.36. The number of halogens is 4. The third-order valence-corrected chi connectivity index (χ3v) is 4.69. The van der Waals surface area contributed by atoms with Crippen molar-refractivity contribution in [1.82, 2.24) is 14.9 Å². The van der Waals surface area contributed by atoms with Crippen LogP contribution in [0.5, 0.6) is 0 Å². The molecule has 1 aromatic heterocycles. The molecule has 1 N–H and O–H groups in total. The van der Waals surface area contributed by atoms with Crippen LogP contribution in [0.4, 0.5) is 18.9 Å². The molecule has 0 radical (unpaired) electrons. The highest BCUT2D eigenvalue weighted by atomic mass is 35.5. The molecule has 2 aromatic rings. The number of amides is 2. The smallest absolute Gasteiger partial charge is 0.344 e. The Bertz CT molecular complexity index is 873. The summed E-state index contributed by atoms with van der Waals surface area (Å²) in [5.74, 6) is -2.73. The molecule has 2 heterocycles. The summed E-state index contributed by atoms with van der Waals surface area (Å²) >= 11 is 5.89.